The molecule has 0 aliphatic rings. The summed E-state index contributed by atoms with van der Waals surface area (Å²) in [6.07, 6.45) is 0. The predicted molar refractivity (Wildman–Crippen MR) is 87.9 cm³/mol. The van der Waals surface area contributed by atoms with Crippen LogP contribution in [0.2, 0.25) is 5.02 Å². The maximum atomic E-state index is 11.8. The lowest BCUT2D eigenvalue weighted by molar-refractivity contribution is 0.0955. The first kappa shape index (κ1) is 15.9. The van der Waals surface area contributed by atoms with Crippen molar-refractivity contribution >= 4 is 23.2 Å². The van der Waals surface area contributed by atoms with Crippen LogP contribution in [0.25, 0.3) is 0 Å². The Morgan fingerprint density at radius 2 is 2.05 bits per heavy atom. The molecular formula is C17H16ClN3O. The van der Waals surface area contributed by atoms with Gasteiger partial charge in [-0.25, -0.2) is 0 Å². The van der Waals surface area contributed by atoms with Gasteiger partial charge in [0.05, 0.1) is 16.3 Å². The van der Waals surface area contributed by atoms with Crippen LogP contribution in [0.5, 0.6) is 0 Å². The monoisotopic (exact) mass is 313 g/mol. The highest BCUT2D eigenvalue weighted by atomic mass is 35.5. The van der Waals surface area contributed by atoms with E-state index in [2.05, 4.69) is 16.7 Å². The molecule has 0 atom stereocenters. The number of halogens is 1. The van der Waals surface area contributed by atoms with Gasteiger partial charge in [0.15, 0.2) is 0 Å². The van der Waals surface area contributed by atoms with Crippen molar-refractivity contribution in [2.45, 2.75) is 13.5 Å². The number of anilines is 1. The summed E-state index contributed by atoms with van der Waals surface area (Å²) < 4.78 is 0. The highest BCUT2D eigenvalue weighted by Crippen LogP contribution is 2.26. The minimum atomic E-state index is -0.0974. The van der Waals surface area contributed by atoms with Crippen LogP contribution in [-0.4, -0.2) is 12.5 Å². The van der Waals surface area contributed by atoms with Gasteiger partial charge in [0.1, 0.15) is 6.07 Å². The van der Waals surface area contributed by atoms with Gasteiger partial charge in [0, 0.05) is 18.7 Å². The Morgan fingerprint density at radius 3 is 2.77 bits per heavy atom. The van der Waals surface area contributed by atoms with E-state index in [9.17, 15) is 4.79 Å². The maximum Gasteiger partial charge on any atom is 0.251 e. The van der Waals surface area contributed by atoms with E-state index in [0.717, 1.165) is 5.56 Å². The minimum absolute atomic E-state index is 0.0974. The van der Waals surface area contributed by atoms with E-state index in [0.29, 0.717) is 34.9 Å². The standard InChI is InChI=1S/C17H16ClN3O/c1-2-20-17(22)13-6-3-5-12(9-13)11-21-16-14(10-19)7-4-8-15(16)18/h3-9,21H,2,11H2,1H3,(H,20,22). The summed E-state index contributed by atoms with van der Waals surface area (Å²) in [5.74, 6) is -0.0974. The first-order valence-electron chi connectivity index (χ1n) is 6.95. The van der Waals surface area contributed by atoms with Gasteiger partial charge in [-0.3, -0.25) is 4.79 Å². The molecule has 0 aliphatic carbocycles. The highest BCUT2D eigenvalue weighted by Gasteiger charge is 2.08. The molecule has 2 rings (SSSR count). The van der Waals surface area contributed by atoms with Crippen molar-refractivity contribution < 1.29 is 4.79 Å². The van der Waals surface area contributed by atoms with Crippen molar-refractivity contribution in [2.75, 3.05) is 11.9 Å². The summed E-state index contributed by atoms with van der Waals surface area (Å²) in [6, 6.07) is 14.6. The fraction of sp³-hybridized carbons (Fsp3) is 0.176. The Morgan fingerprint density at radius 1 is 1.27 bits per heavy atom. The summed E-state index contributed by atoms with van der Waals surface area (Å²) in [5, 5.41) is 15.5. The van der Waals surface area contributed by atoms with Gasteiger partial charge >= 0.3 is 0 Å². The second-order valence-electron chi connectivity index (χ2n) is 4.69. The molecule has 2 N–H and O–H groups in total. The number of carbonyl (C=O) groups excluding carboxylic acids is 1. The van der Waals surface area contributed by atoms with Crippen LogP contribution in [0.3, 0.4) is 0 Å². The third-order valence-corrected chi connectivity index (χ3v) is 3.44. The molecular weight excluding hydrogens is 298 g/mol. The second-order valence-corrected chi connectivity index (χ2v) is 5.09. The molecule has 22 heavy (non-hydrogen) atoms. The number of nitriles is 1. The van der Waals surface area contributed by atoms with Crippen LogP contribution in [0.1, 0.15) is 28.4 Å². The van der Waals surface area contributed by atoms with E-state index in [1.165, 1.54) is 0 Å². The number of nitrogens with one attached hydrogen (secondary N) is 2. The van der Waals surface area contributed by atoms with Gasteiger partial charge in [-0.15, -0.1) is 0 Å². The van der Waals surface area contributed by atoms with E-state index in [1.807, 2.05) is 25.1 Å². The molecule has 1 amide bonds. The van der Waals surface area contributed by atoms with Crippen LogP contribution in [0.4, 0.5) is 5.69 Å². The van der Waals surface area contributed by atoms with Crippen molar-refractivity contribution in [3.05, 3.63) is 64.2 Å². The van der Waals surface area contributed by atoms with E-state index >= 15 is 0 Å². The Kier molecular flexibility index (Phi) is 5.40. The average molecular weight is 314 g/mol. The van der Waals surface area contributed by atoms with Crippen LogP contribution in [0, 0.1) is 11.3 Å². The minimum Gasteiger partial charge on any atom is -0.379 e. The molecule has 0 aliphatic heterocycles. The van der Waals surface area contributed by atoms with Crippen LogP contribution in [-0.2, 0) is 6.54 Å². The largest absolute Gasteiger partial charge is 0.379 e. The molecule has 0 saturated heterocycles. The SMILES string of the molecule is CCNC(=O)c1cccc(CNc2c(Cl)cccc2C#N)c1. The summed E-state index contributed by atoms with van der Waals surface area (Å²) in [7, 11) is 0. The molecule has 2 aromatic carbocycles. The van der Waals surface area contributed by atoms with Gasteiger partial charge in [0.2, 0.25) is 0 Å². The summed E-state index contributed by atoms with van der Waals surface area (Å²) in [5.41, 5.74) is 2.65. The Hall–Kier alpha value is -2.51. The zero-order valence-electron chi connectivity index (χ0n) is 12.2. The number of amides is 1. The molecule has 0 spiro atoms. The smallest absolute Gasteiger partial charge is 0.251 e. The molecule has 0 fully saturated rings. The quantitative estimate of drug-likeness (QED) is 0.887. The fourth-order valence-electron chi connectivity index (χ4n) is 2.07. The number of nitrogens with zero attached hydrogens (tertiary/aromatic N) is 1. The van der Waals surface area contributed by atoms with E-state index in [-0.39, 0.29) is 5.91 Å². The first-order chi connectivity index (χ1) is 10.7. The molecule has 5 heteroatoms. The van der Waals surface area contributed by atoms with Crippen molar-refractivity contribution in [1.29, 1.82) is 5.26 Å². The topological polar surface area (TPSA) is 64.9 Å². The summed E-state index contributed by atoms with van der Waals surface area (Å²) in [4.78, 5) is 11.8. The molecule has 0 radical (unpaired) electrons. The van der Waals surface area contributed by atoms with Crippen LogP contribution in [0.15, 0.2) is 42.5 Å². The zero-order chi connectivity index (χ0) is 15.9. The molecule has 0 aromatic heterocycles. The van der Waals surface area contributed by atoms with Gasteiger partial charge in [-0.1, -0.05) is 29.8 Å². The molecule has 112 valence electrons. The van der Waals surface area contributed by atoms with E-state index in [1.54, 1.807) is 24.3 Å². The van der Waals surface area contributed by atoms with Gasteiger partial charge in [0.25, 0.3) is 5.91 Å². The normalized spacial score (nSPS) is 9.86. The number of rotatable bonds is 5. The third-order valence-electron chi connectivity index (χ3n) is 3.13. The summed E-state index contributed by atoms with van der Waals surface area (Å²) >= 11 is 6.12. The number of carbonyl (C=O) groups is 1. The molecule has 0 saturated carbocycles. The fourth-order valence-corrected chi connectivity index (χ4v) is 2.31. The predicted octanol–water partition coefficient (Wildman–Crippen LogP) is 3.57. The van der Waals surface area contributed by atoms with E-state index < -0.39 is 0 Å². The van der Waals surface area contributed by atoms with Crippen LogP contribution >= 0.6 is 11.6 Å². The van der Waals surface area contributed by atoms with Gasteiger partial charge < -0.3 is 10.6 Å². The van der Waals surface area contributed by atoms with E-state index in [4.69, 9.17) is 16.9 Å². The zero-order valence-corrected chi connectivity index (χ0v) is 12.9. The molecule has 2 aromatic rings. The lowest BCUT2D eigenvalue weighted by Gasteiger charge is -2.11. The second kappa shape index (κ2) is 7.48. The van der Waals surface area contributed by atoms with Crippen molar-refractivity contribution in [3.63, 3.8) is 0 Å². The highest BCUT2D eigenvalue weighted by molar-refractivity contribution is 6.33. The maximum absolute atomic E-state index is 11.8. The van der Waals surface area contributed by atoms with Gasteiger partial charge in [-0.2, -0.15) is 5.26 Å². The van der Waals surface area contributed by atoms with Crippen molar-refractivity contribution in [1.82, 2.24) is 5.32 Å². The first-order valence-corrected chi connectivity index (χ1v) is 7.33. The average Bonchev–Trinajstić information content (AvgIpc) is 2.54. The lowest BCUT2D eigenvalue weighted by atomic mass is 10.1. The molecule has 4 nitrogen and oxygen atoms in total. The molecule has 0 heterocycles. The Bertz CT molecular complexity index is 722. The molecule has 0 unspecified atom stereocenters. The van der Waals surface area contributed by atoms with Gasteiger partial charge in [-0.05, 0) is 36.8 Å². The third kappa shape index (κ3) is 3.78. The summed E-state index contributed by atoms with van der Waals surface area (Å²) in [6.45, 7) is 2.95. The number of benzene rings is 2. The number of hydrogen-bond acceptors (Lipinski definition) is 3. The van der Waals surface area contributed by atoms with Crippen molar-refractivity contribution in [2.24, 2.45) is 0 Å². The Labute approximate surface area is 134 Å². The Balaban J connectivity index is 2.15. The lowest BCUT2D eigenvalue weighted by Crippen LogP contribution is -2.22. The van der Waals surface area contributed by atoms with Crippen LogP contribution < -0.4 is 10.6 Å². The molecule has 0 bridgehead atoms. The number of hydrogen-bond donors (Lipinski definition) is 2. The van der Waals surface area contributed by atoms with Crippen molar-refractivity contribution in [3.8, 4) is 6.07 Å². The number of para-hydroxylation sites is 1.